The Morgan fingerprint density at radius 3 is 3.04 bits per heavy atom. The van der Waals surface area contributed by atoms with E-state index in [4.69, 9.17) is 11.6 Å². The van der Waals surface area contributed by atoms with Crippen molar-refractivity contribution in [1.29, 1.82) is 0 Å². The number of aryl methyl sites for hydroxylation is 1. The molecule has 0 saturated carbocycles. The normalized spacial score (nSPS) is 17.5. The average molecular weight is 337 g/mol. The molecule has 1 unspecified atom stereocenters. The fourth-order valence-corrected chi connectivity index (χ4v) is 2.96. The highest BCUT2D eigenvalue weighted by Gasteiger charge is 2.24. The summed E-state index contributed by atoms with van der Waals surface area (Å²) >= 11 is 5.84. The van der Waals surface area contributed by atoms with E-state index < -0.39 is 5.82 Å². The first kappa shape index (κ1) is 15.8. The van der Waals surface area contributed by atoms with E-state index >= 15 is 0 Å². The minimum absolute atomic E-state index is 0.113. The van der Waals surface area contributed by atoms with Crippen molar-refractivity contribution in [3.63, 3.8) is 0 Å². The second-order valence-corrected chi connectivity index (χ2v) is 5.95. The molecule has 1 aliphatic rings. The van der Waals surface area contributed by atoms with E-state index in [0.717, 1.165) is 18.7 Å². The number of rotatable bonds is 4. The lowest BCUT2D eigenvalue weighted by Gasteiger charge is -2.19. The SMILES string of the molecule is CCn1ccnc(NC2CCN(c3ccc(F)c(Cl)c3)C2)c1=O. The number of nitrogens with zero attached hydrogens (tertiary/aromatic N) is 3. The Balaban J connectivity index is 1.71. The first-order valence-electron chi connectivity index (χ1n) is 7.60. The summed E-state index contributed by atoms with van der Waals surface area (Å²) in [7, 11) is 0. The van der Waals surface area contributed by atoms with Crippen LogP contribution in [-0.2, 0) is 6.54 Å². The third-order valence-corrected chi connectivity index (χ3v) is 4.34. The summed E-state index contributed by atoms with van der Waals surface area (Å²) in [6, 6.07) is 4.84. The molecule has 3 rings (SSSR count). The van der Waals surface area contributed by atoms with E-state index in [0.29, 0.717) is 18.9 Å². The first-order chi connectivity index (χ1) is 11.1. The summed E-state index contributed by atoms with van der Waals surface area (Å²) in [5, 5.41) is 3.34. The molecule has 0 radical (unpaired) electrons. The van der Waals surface area contributed by atoms with Gasteiger partial charge in [0, 0.05) is 43.8 Å². The maximum Gasteiger partial charge on any atom is 0.293 e. The molecule has 1 aromatic carbocycles. The fourth-order valence-electron chi connectivity index (χ4n) is 2.78. The van der Waals surface area contributed by atoms with Gasteiger partial charge in [-0.25, -0.2) is 9.37 Å². The van der Waals surface area contributed by atoms with Gasteiger partial charge in [-0.2, -0.15) is 0 Å². The van der Waals surface area contributed by atoms with Crippen LogP contribution in [0.4, 0.5) is 15.9 Å². The zero-order valence-corrected chi connectivity index (χ0v) is 13.6. The van der Waals surface area contributed by atoms with Crippen LogP contribution in [0.25, 0.3) is 0 Å². The Morgan fingerprint density at radius 2 is 2.30 bits per heavy atom. The summed E-state index contributed by atoms with van der Waals surface area (Å²) < 4.78 is 14.9. The van der Waals surface area contributed by atoms with E-state index in [9.17, 15) is 9.18 Å². The zero-order chi connectivity index (χ0) is 16.4. The fraction of sp³-hybridized carbons (Fsp3) is 0.375. The van der Waals surface area contributed by atoms with Crippen LogP contribution < -0.4 is 15.8 Å². The van der Waals surface area contributed by atoms with Crippen molar-refractivity contribution < 1.29 is 4.39 Å². The van der Waals surface area contributed by atoms with Gasteiger partial charge >= 0.3 is 0 Å². The van der Waals surface area contributed by atoms with Crippen molar-refractivity contribution in [3.8, 4) is 0 Å². The predicted molar refractivity (Wildman–Crippen MR) is 89.8 cm³/mol. The highest BCUT2D eigenvalue weighted by Crippen LogP contribution is 2.26. The van der Waals surface area contributed by atoms with Gasteiger partial charge in [0.15, 0.2) is 5.82 Å². The monoisotopic (exact) mass is 336 g/mol. The van der Waals surface area contributed by atoms with Crippen LogP contribution in [0.2, 0.25) is 5.02 Å². The lowest BCUT2D eigenvalue weighted by Crippen LogP contribution is -2.31. The van der Waals surface area contributed by atoms with Crippen LogP contribution in [0.3, 0.4) is 0 Å². The summed E-state index contributed by atoms with van der Waals surface area (Å²) in [5.74, 6) is -0.0452. The summed E-state index contributed by atoms with van der Waals surface area (Å²) in [6.07, 6.45) is 4.17. The van der Waals surface area contributed by atoms with Crippen LogP contribution in [0.5, 0.6) is 0 Å². The highest BCUT2D eigenvalue weighted by molar-refractivity contribution is 6.31. The molecule has 1 aromatic heterocycles. The topological polar surface area (TPSA) is 50.2 Å². The van der Waals surface area contributed by atoms with Crippen molar-refractivity contribution in [3.05, 3.63) is 51.8 Å². The standard InChI is InChI=1S/C16H18ClFN4O/c1-2-21-8-6-19-15(16(21)23)20-11-5-7-22(10-11)12-3-4-14(18)13(17)9-12/h3-4,6,8-9,11H,2,5,7,10H2,1H3,(H,19,20). The Hall–Kier alpha value is -2.08. The first-order valence-corrected chi connectivity index (χ1v) is 7.98. The van der Waals surface area contributed by atoms with Gasteiger partial charge < -0.3 is 14.8 Å². The molecule has 1 atom stereocenters. The Kier molecular flexibility index (Phi) is 4.52. The van der Waals surface area contributed by atoms with Crippen molar-refractivity contribution >= 4 is 23.1 Å². The maximum atomic E-state index is 13.3. The van der Waals surface area contributed by atoms with Crippen molar-refractivity contribution in [2.45, 2.75) is 25.9 Å². The minimum Gasteiger partial charge on any atom is -0.369 e. The number of hydrogen-bond acceptors (Lipinski definition) is 4. The molecule has 7 heteroatoms. The lowest BCUT2D eigenvalue weighted by molar-refractivity contribution is 0.628. The van der Waals surface area contributed by atoms with Gasteiger partial charge in [0.05, 0.1) is 5.02 Å². The van der Waals surface area contributed by atoms with Crippen LogP contribution in [0.1, 0.15) is 13.3 Å². The molecule has 2 aromatic rings. The number of halogens is 2. The molecule has 0 spiro atoms. The predicted octanol–water partition coefficient (Wildman–Crippen LogP) is 2.75. The molecule has 2 heterocycles. The van der Waals surface area contributed by atoms with Crippen LogP contribution in [0, 0.1) is 5.82 Å². The molecule has 0 bridgehead atoms. The van der Waals surface area contributed by atoms with Gasteiger partial charge in [-0.05, 0) is 31.5 Å². The van der Waals surface area contributed by atoms with Crippen LogP contribution >= 0.6 is 11.6 Å². The van der Waals surface area contributed by atoms with E-state index in [-0.39, 0.29) is 16.6 Å². The molecule has 1 aliphatic heterocycles. The Labute approximate surface area is 138 Å². The second kappa shape index (κ2) is 6.58. The Bertz CT molecular complexity index is 764. The van der Waals surface area contributed by atoms with E-state index in [2.05, 4.69) is 15.2 Å². The van der Waals surface area contributed by atoms with Gasteiger partial charge in [-0.3, -0.25) is 4.79 Å². The molecule has 1 N–H and O–H groups in total. The quantitative estimate of drug-likeness (QED) is 0.932. The number of nitrogens with one attached hydrogen (secondary N) is 1. The third kappa shape index (κ3) is 3.32. The van der Waals surface area contributed by atoms with E-state index in [1.54, 1.807) is 29.1 Å². The number of anilines is 2. The highest BCUT2D eigenvalue weighted by atomic mass is 35.5. The molecule has 1 saturated heterocycles. The van der Waals surface area contributed by atoms with Gasteiger partial charge in [0.25, 0.3) is 5.56 Å². The minimum atomic E-state index is -0.419. The molecular weight excluding hydrogens is 319 g/mol. The number of aromatic nitrogens is 2. The number of benzene rings is 1. The molecular formula is C16H18ClFN4O. The molecule has 23 heavy (non-hydrogen) atoms. The van der Waals surface area contributed by atoms with Gasteiger partial charge in [0.1, 0.15) is 5.82 Å². The van der Waals surface area contributed by atoms with Crippen LogP contribution in [0.15, 0.2) is 35.4 Å². The summed E-state index contributed by atoms with van der Waals surface area (Å²) in [4.78, 5) is 18.4. The number of hydrogen-bond donors (Lipinski definition) is 1. The van der Waals surface area contributed by atoms with Gasteiger partial charge in [0.2, 0.25) is 0 Å². The molecule has 0 amide bonds. The van der Waals surface area contributed by atoms with Crippen molar-refractivity contribution in [1.82, 2.24) is 9.55 Å². The molecule has 5 nitrogen and oxygen atoms in total. The maximum absolute atomic E-state index is 13.3. The van der Waals surface area contributed by atoms with Crippen molar-refractivity contribution in [2.75, 3.05) is 23.3 Å². The second-order valence-electron chi connectivity index (χ2n) is 5.54. The summed E-state index contributed by atoms with van der Waals surface area (Å²) in [5.41, 5.74) is 0.769. The van der Waals surface area contributed by atoms with E-state index in [1.807, 2.05) is 6.92 Å². The summed E-state index contributed by atoms with van der Waals surface area (Å²) in [6.45, 7) is 4.06. The third-order valence-electron chi connectivity index (χ3n) is 4.05. The van der Waals surface area contributed by atoms with Crippen molar-refractivity contribution in [2.24, 2.45) is 0 Å². The zero-order valence-electron chi connectivity index (χ0n) is 12.8. The largest absolute Gasteiger partial charge is 0.369 e. The Morgan fingerprint density at radius 1 is 1.48 bits per heavy atom. The average Bonchev–Trinajstić information content (AvgIpc) is 3.01. The lowest BCUT2D eigenvalue weighted by atomic mass is 10.2. The molecule has 1 fully saturated rings. The smallest absolute Gasteiger partial charge is 0.293 e. The van der Waals surface area contributed by atoms with Gasteiger partial charge in [-0.15, -0.1) is 0 Å². The van der Waals surface area contributed by atoms with E-state index in [1.165, 1.54) is 6.07 Å². The van der Waals surface area contributed by atoms with Gasteiger partial charge in [-0.1, -0.05) is 11.6 Å². The van der Waals surface area contributed by atoms with Crippen LogP contribution in [-0.4, -0.2) is 28.7 Å². The molecule has 122 valence electrons. The molecule has 0 aliphatic carbocycles.